The molecule has 2 aromatic heterocycles. The third-order valence-electron chi connectivity index (χ3n) is 22.2. The summed E-state index contributed by atoms with van der Waals surface area (Å²) in [5, 5.41) is 0. The molecule has 0 N–H and O–H groups in total. The molecule has 0 saturated carbocycles. The largest absolute Gasteiger partial charge is 0.497 e. The average molecular weight is 1580 g/mol. The van der Waals surface area contributed by atoms with Crippen molar-refractivity contribution in [3.63, 3.8) is 0 Å². The fraction of sp³-hybridized carbons (Fsp3) is 0.500. The van der Waals surface area contributed by atoms with Crippen LogP contribution in [0, 0.1) is 62.3 Å². The van der Waals surface area contributed by atoms with E-state index in [4.69, 9.17) is 14.2 Å². The number of nitrogens with zero attached hydrogens (tertiary/aromatic N) is 13. The Hall–Kier alpha value is -8.90. The van der Waals surface area contributed by atoms with E-state index in [0.29, 0.717) is 19.3 Å². The molecule has 0 bridgehead atoms. The summed E-state index contributed by atoms with van der Waals surface area (Å²) < 4.78 is 15.6. The molecule has 7 aromatic carbocycles. The standard InChI is InChI=1S/C14H21N.C13H22N4.C13H20N2.2C12H17N.C11H16O2.C10H16N4.C8H10O.C7H8/c1-3-15-10-8-14(9-11-15)13-6-4-12(2)5-7-13;1-11(2)16-5-4-6-17(8-7-16)13-10-14-12(3)9-15-13;1-3-14-8-10-15(11-9-14)13-6-4-12(2)5-7-13;2*1-11-5-7-12(8-6-11)13-9-3-2-4-10-13;1-3-12-8-9-13-11-6-4-10(2)5-7-11;1-9-7-12-10(8-11-9)14-5-3-13(2)4-6-14;1-7-3-5-8(9-2)6-4-7;1-7-5-3-2-4-6-7/h4-7,14H,3,8-11H2,1-2H3;9-11H,4-8H2,1-3H3;4-7H,3,8-11H2,1-2H3;2*5-8H,2-4,9-10H2,1H3;4-7H,3,8-9H2,1-2H3;7-8H,3-6H2,1-2H3;3-6H,1-2H3;2-6H,1H3. The van der Waals surface area contributed by atoms with E-state index in [9.17, 15) is 0 Å². The smallest absolute Gasteiger partial charge is 0.147 e. The number of anilines is 5. The molecule has 0 aliphatic carbocycles. The molecule has 0 spiro atoms. The van der Waals surface area contributed by atoms with Crippen LogP contribution in [0.5, 0.6) is 11.5 Å². The monoisotopic (exact) mass is 1580 g/mol. The zero-order chi connectivity index (χ0) is 83.1. The van der Waals surface area contributed by atoms with Crippen molar-refractivity contribution in [3.05, 3.63) is 257 Å². The van der Waals surface area contributed by atoms with Gasteiger partial charge in [0.15, 0.2) is 0 Å². The van der Waals surface area contributed by atoms with Crippen molar-refractivity contribution in [2.75, 3.05) is 189 Å². The van der Waals surface area contributed by atoms with Crippen LogP contribution >= 0.6 is 0 Å². The van der Waals surface area contributed by atoms with Crippen molar-refractivity contribution in [1.82, 2.24) is 39.5 Å². The molecule has 8 heterocycles. The van der Waals surface area contributed by atoms with Crippen LogP contribution in [0.1, 0.15) is 154 Å². The van der Waals surface area contributed by atoms with Crippen LogP contribution in [0.2, 0.25) is 0 Å². The van der Waals surface area contributed by atoms with Gasteiger partial charge in [0.25, 0.3) is 0 Å². The second-order valence-corrected chi connectivity index (χ2v) is 32.0. The number of methoxy groups -OCH3 is 1. The highest BCUT2D eigenvalue weighted by molar-refractivity contribution is 5.50. The van der Waals surface area contributed by atoms with Crippen molar-refractivity contribution >= 4 is 28.7 Å². The Labute approximate surface area is 702 Å². The minimum Gasteiger partial charge on any atom is -0.497 e. The molecule has 9 aromatic rings. The zero-order valence-electron chi connectivity index (χ0n) is 74.4. The molecular weight excluding hydrogens is 1430 g/mol. The normalized spacial score (nSPS) is 16.1. The van der Waals surface area contributed by atoms with Gasteiger partial charge in [-0.3, -0.25) is 14.9 Å². The molecule has 116 heavy (non-hydrogen) atoms. The van der Waals surface area contributed by atoms with E-state index in [2.05, 4.69) is 256 Å². The first kappa shape index (κ1) is 94.3. The summed E-state index contributed by atoms with van der Waals surface area (Å²) >= 11 is 0. The second kappa shape index (κ2) is 54.2. The lowest BCUT2D eigenvalue weighted by Gasteiger charge is -2.35. The summed E-state index contributed by atoms with van der Waals surface area (Å²) in [7, 11) is 3.82. The van der Waals surface area contributed by atoms with E-state index in [0.717, 1.165) is 106 Å². The predicted molar refractivity (Wildman–Crippen MR) is 494 cm³/mol. The van der Waals surface area contributed by atoms with Crippen molar-refractivity contribution in [2.24, 2.45) is 0 Å². The van der Waals surface area contributed by atoms with E-state index in [1.165, 1.54) is 191 Å². The van der Waals surface area contributed by atoms with Gasteiger partial charge >= 0.3 is 0 Å². The van der Waals surface area contributed by atoms with Gasteiger partial charge in [-0.2, -0.15) is 0 Å². The van der Waals surface area contributed by atoms with Crippen LogP contribution in [0.15, 0.2) is 201 Å². The lowest BCUT2D eigenvalue weighted by Crippen LogP contribution is -2.46. The highest BCUT2D eigenvalue weighted by Crippen LogP contribution is 2.29. The number of rotatable bonds is 15. The van der Waals surface area contributed by atoms with Gasteiger partial charge in [0.2, 0.25) is 0 Å². The van der Waals surface area contributed by atoms with Crippen LogP contribution in [0.25, 0.3) is 0 Å². The van der Waals surface area contributed by atoms with Gasteiger partial charge in [0.1, 0.15) is 29.7 Å². The molecule has 630 valence electrons. The third-order valence-corrected chi connectivity index (χ3v) is 22.2. The summed E-state index contributed by atoms with van der Waals surface area (Å²) in [6.45, 7) is 55.1. The summed E-state index contributed by atoms with van der Waals surface area (Å²) in [4.78, 5) is 39.4. The number of hydrogen-bond donors (Lipinski definition) is 0. The topological polar surface area (TPSA) is 108 Å². The number of piperazine rings is 2. The van der Waals surface area contributed by atoms with Crippen molar-refractivity contribution in [3.8, 4) is 11.5 Å². The molecular formula is C100H147N13O3. The first-order valence-electron chi connectivity index (χ1n) is 43.6. The molecule has 16 nitrogen and oxygen atoms in total. The van der Waals surface area contributed by atoms with E-state index in [-0.39, 0.29) is 0 Å². The summed E-state index contributed by atoms with van der Waals surface area (Å²) in [6, 6.07) is 62.6. The first-order chi connectivity index (χ1) is 56.3. The Morgan fingerprint density at radius 2 is 0.716 bits per heavy atom. The lowest BCUT2D eigenvalue weighted by molar-refractivity contribution is 0.110. The first-order valence-corrected chi connectivity index (χ1v) is 43.6. The maximum atomic E-state index is 5.44. The fourth-order valence-corrected chi connectivity index (χ4v) is 14.3. The third kappa shape index (κ3) is 36.7. The Morgan fingerprint density at radius 3 is 1.10 bits per heavy atom. The van der Waals surface area contributed by atoms with Crippen LogP contribution < -0.4 is 34.0 Å². The minimum atomic E-state index is 0.622. The molecule has 0 radical (unpaired) electrons. The molecule has 16 heteroatoms. The van der Waals surface area contributed by atoms with Crippen molar-refractivity contribution in [1.29, 1.82) is 0 Å². The molecule has 0 amide bonds. The number of likely N-dealkylation sites (tertiary alicyclic amines) is 1. The van der Waals surface area contributed by atoms with Crippen LogP contribution in [-0.4, -0.2) is 210 Å². The number of likely N-dealkylation sites (N-methyl/N-ethyl adjacent to an activating group) is 2. The van der Waals surface area contributed by atoms with Crippen LogP contribution in [-0.2, 0) is 4.74 Å². The highest BCUT2D eigenvalue weighted by atomic mass is 16.5. The molecule has 15 rings (SSSR count). The molecule has 6 saturated heterocycles. The number of ether oxygens (including phenoxy) is 3. The van der Waals surface area contributed by atoms with Gasteiger partial charge in [-0.05, 0) is 246 Å². The fourth-order valence-electron chi connectivity index (χ4n) is 14.3. The average Bonchev–Trinajstić information content (AvgIpc) is 1.57. The number of hydrogen-bond acceptors (Lipinski definition) is 16. The molecule has 6 fully saturated rings. The van der Waals surface area contributed by atoms with Gasteiger partial charge in [0, 0.05) is 134 Å². The van der Waals surface area contributed by atoms with Gasteiger partial charge in [0.05, 0.1) is 49.9 Å². The molecule has 0 unspecified atom stereocenters. The summed E-state index contributed by atoms with van der Waals surface area (Å²) in [6.07, 6.45) is 19.5. The van der Waals surface area contributed by atoms with Crippen LogP contribution in [0.3, 0.4) is 0 Å². The van der Waals surface area contributed by atoms with Crippen LogP contribution in [0.4, 0.5) is 28.7 Å². The zero-order valence-corrected chi connectivity index (χ0v) is 74.4. The minimum absolute atomic E-state index is 0.622. The van der Waals surface area contributed by atoms with E-state index in [1.54, 1.807) is 7.11 Å². The van der Waals surface area contributed by atoms with E-state index in [1.807, 2.05) is 112 Å². The quantitative estimate of drug-likeness (QED) is 0.0908. The predicted octanol–water partition coefficient (Wildman–Crippen LogP) is 20.0. The maximum absolute atomic E-state index is 5.44. The Kier molecular flexibility index (Phi) is 44.0. The maximum Gasteiger partial charge on any atom is 0.147 e. The Balaban J connectivity index is 0.000000182. The molecule has 6 aliphatic heterocycles. The lowest BCUT2D eigenvalue weighted by atomic mass is 9.89. The second-order valence-electron chi connectivity index (χ2n) is 32.0. The van der Waals surface area contributed by atoms with Gasteiger partial charge in [-0.25, -0.2) is 9.97 Å². The van der Waals surface area contributed by atoms with Gasteiger partial charge in [-0.1, -0.05) is 168 Å². The summed E-state index contributed by atoms with van der Waals surface area (Å²) in [5.74, 6) is 4.64. The highest BCUT2D eigenvalue weighted by Gasteiger charge is 2.22. The number of benzene rings is 7. The van der Waals surface area contributed by atoms with Gasteiger partial charge in [-0.15, -0.1) is 0 Å². The van der Waals surface area contributed by atoms with Gasteiger partial charge < -0.3 is 53.4 Å². The Morgan fingerprint density at radius 1 is 0.345 bits per heavy atom. The van der Waals surface area contributed by atoms with E-state index >= 15 is 0 Å². The number of piperidine rings is 3. The van der Waals surface area contributed by atoms with Crippen molar-refractivity contribution < 1.29 is 14.2 Å². The number of aryl methyl sites for hydroxylation is 9. The van der Waals surface area contributed by atoms with Crippen molar-refractivity contribution in [2.45, 2.75) is 167 Å². The summed E-state index contributed by atoms with van der Waals surface area (Å²) in [5.41, 5.74) is 16.9. The number of aromatic nitrogens is 4. The van der Waals surface area contributed by atoms with E-state index < -0.39 is 0 Å². The Bertz CT molecular complexity index is 3810. The molecule has 0 atom stereocenters. The molecule has 6 aliphatic rings. The SMILES string of the molecule is CCN1CCC(c2ccc(C)cc2)CC1.CCN1CCN(c2ccc(C)cc2)CC1.CCOCCOc1ccc(C)cc1.COc1ccc(C)cc1.Cc1ccc(N2CCCCC2)cc1.Cc1ccc(N2CCCCC2)cc1.Cc1ccccc1.Cc1cnc(N2CCCN(C(C)C)CC2)cn1.Cc1cnc(N2CCN(C)CC2)cn1.